The van der Waals surface area contributed by atoms with Crippen LogP contribution in [0.1, 0.15) is 5.76 Å². The first-order chi connectivity index (χ1) is 6.49. The van der Waals surface area contributed by atoms with Crippen LogP contribution < -0.4 is 10.4 Å². The van der Waals surface area contributed by atoms with Crippen LogP contribution >= 0.6 is 0 Å². The lowest BCUT2D eigenvalue weighted by molar-refractivity contribution is 0.171. The van der Waals surface area contributed by atoms with Crippen molar-refractivity contribution in [3.05, 3.63) is 28.3 Å². The minimum absolute atomic E-state index is 0.192. The molecule has 0 aromatic carbocycles. The second-order valence-corrected chi connectivity index (χ2v) is 2.99. The first kappa shape index (κ1) is 10.3. The van der Waals surface area contributed by atoms with E-state index in [4.69, 9.17) is 9.15 Å². The first-order valence-electron chi connectivity index (χ1n) is 4.00. The molecule has 1 aromatic heterocycles. The number of nitrogens with zero attached hydrogens (tertiary/aromatic N) is 1. The Morgan fingerprint density at radius 3 is 2.57 bits per heavy atom. The van der Waals surface area contributed by atoms with Crippen molar-refractivity contribution in [2.75, 3.05) is 14.1 Å². The van der Waals surface area contributed by atoms with E-state index in [0.29, 0.717) is 5.76 Å². The molecule has 76 valence electrons. The van der Waals surface area contributed by atoms with Gasteiger partial charge >= 0.3 is 11.7 Å². The van der Waals surface area contributed by atoms with Crippen LogP contribution in [0.4, 0.5) is 4.79 Å². The molecule has 1 heterocycles. The summed E-state index contributed by atoms with van der Waals surface area (Å²) in [6, 6.07) is 2.59. The van der Waals surface area contributed by atoms with Crippen LogP contribution in [0.3, 0.4) is 0 Å². The maximum absolute atomic E-state index is 11.1. The minimum atomic E-state index is -0.536. The molecule has 1 amide bonds. The monoisotopic (exact) mass is 197 g/mol. The summed E-state index contributed by atoms with van der Waals surface area (Å²) in [7, 11) is 3.11. The van der Waals surface area contributed by atoms with Crippen LogP contribution in [0.2, 0.25) is 0 Å². The topological polar surface area (TPSA) is 59.8 Å². The van der Waals surface area contributed by atoms with Crippen LogP contribution in [0.25, 0.3) is 0 Å². The van der Waals surface area contributed by atoms with Gasteiger partial charge in [0, 0.05) is 20.2 Å². The molecule has 0 aliphatic rings. The highest BCUT2D eigenvalue weighted by Gasteiger charge is 2.07. The summed E-state index contributed by atoms with van der Waals surface area (Å²) < 4.78 is 9.56. The fourth-order valence-electron chi connectivity index (χ4n) is 0.827. The number of ether oxygens (including phenoxy) is 1. The van der Waals surface area contributed by atoms with Gasteiger partial charge in [-0.25, -0.2) is 9.59 Å². The Kier molecular flexibility index (Phi) is 2.91. The standard InChI is InChI=1S/C9H11NO4/c1-6-4-7(5-8(11)13-6)14-9(12)10(2)3/h4-5H,1-3H3. The van der Waals surface area contributed by atoms with Gasteiger partial charge in [-0.05, 0) is 6.92 Å². The molecule has 0 aliphatic heterocycles. The average molecular weight is 197 g/mol. The Labute approximate surface area is 80.9 Å². The summed E-state index contributed by atoms with van der Waals surface area (Å²) in [5, 5.41) is 0. The summed E-state index contributed by atoms with van der Waals surface area (Å²) in [4.78, 5) is 23.3. The highest BCUT2D eigenvalue weighted by molar-refractivity contribution is 5.69. The summed E-state index contributed by atoms with van der Waals surface area (Å²) in [5.41, 5.74) is -0.536. The third-order valence-electron chi connectivity index (χ3n) is 1.44. The van der Waals surface area contributed by atoms with Crippen molar-refractivity contribution in [1.29, 1.82) is 0 Å². The van der Waals surface area contributed by atoms with E-state index >= 15 is 0 Å². The van der Waals surface area contributed by atoms with Gasteiger partial charge in [0.15, 0.2) is 0 Å². The van der Waals surface area contributed by atoms with Crippen molar-refractivity contribution in [3.63, 3.8) is 0 Å². The number of rotatable bonds is 1. The number of carbonyl (C=O) groups excluding carboxylic acids is 1. The van der Waals surface area contributed by atoms with E-state index in [1.165, 1.54) is 11.0 Å². The summed E-state index contributed by atoms with van der Waals surface area (Å²) in [6.45, 7) is 1.61. The van der Waals surface area contributed by atoms with Crippen molar-refractivity contribution in [1.82, 2.24) is 4.90 Å². The van der Waals surface area contributed by atoms with Gasteiger partial charge in [0.2, 0.25) is 0 Å². The number of amides is 1. The van der Waals surface area contributed by atoms with Crippen LogP contribution in [-0.4, -0.2) is 25.1 Å². The molecule has 0 spiro atoms. The smallest absolute Gasteiger partial charge is 0.414 e. The molecule has 0 fully saturated rings. The summed E-state index contributed by atoms with van der Waals surface area (Å²) in [5.74, 6) is 0.594. The van der Waals surface area contributed by atoms with Crippen LogP contribution in [-0.2, 0) is 0 Å². The maximum Gasteiger partial charge on any atom is 0.414 e. The van der Waals surface area contributed by atoms with Gasteiger partial charge in [-0.1, -0.05) is 0 Å². The normalized spacial score (nSPS) is 9.64. The molecule has 0 radical (unpaired) electrons. The molecule has 0 aliphatic carbocycles. The Bertz CT molecular complexity index is 394. The summed E-state index contributed by atoms with van der Waals surface area (Å²) in [6.07, 6.45) is -0.532. The lowest BCUT2D eigenvalue weighted by atomic mass is 10.4. The van der Waals surface area contributed by atoms with Gasteiger partial charge in [0.25, 0.3) is 0 Å². The van der Waals surface area contributed by atoms with E-state index in [9.17, 15) is 9.59 Å². The number of hydrogen-bond donors (Lipinski definition) is 0. The van der Waals surface area contributed by atoms with Gasteiger partial charge in [-0.3, -0.25) is 0 Å². The second kappa shape index (κ2) is 3.95. The second-order valence-electron chi connectivity index (χ2n) is 2.99. The molecule has 5 nitrogen and oxygen atoms in total. The fourth-order valence-corrected chi connectivity index (χ4v) is 0.827. The quantitative estimate of drug-likeness (QED) is 0.674. The molecular weight excluding hydrogens is 186 g/mol. The van der Waals surface area contributed by atoms with E-state index in [-0.39, 0.29) is 5.75 Å². The van der Waals surface area contributed by atoms with E-state index in [1.54, 1.807) is 21.0 Å². The first-order valence-corrected chi connectivity index (χ1v) is 4.00. The number of hydrogen-bond acceptors (Lipinski definition) is 4. The number of carbonyl (C=O) groups is 1. The predicted octanol–water partition coefficient (Wildman–Crippen LogP) is 1.01. The summed E-state index contributed by atoms with van der Waals surface area (Å²) >= 11 is 0. The number of aryl methyl sites for hydroxylation is 1. The molecule has 5 heteroatoms. The van der Waals surface area contributed by atoms with Gasteiger partial charge in [-0.15, -0.1) is 0 Å². The minimum Gasteiger partial charge on any atom is -0.428 e. The average Bonchev–Trinajstić information content (AvgIpc) is 2.01. The molecule has 14 heavy (non-hydrogen) atoms. The molecule has 0 saturated heterocycles. The van der Waals surface area contributed by atoms with Crippen molar-refractivity contribution in [2.24, 2.45) is 0 Å². The fraction of sp³-hybridized carbons (Fsp3) is 0.333. The van der Waals surface area contributed by atoms with E-state index in [1.807, 2.05) is 0 Å². The van der Waals surface area contributed by atoms with Gasteiger partial charge in [-0.2, -0.15) is 0 Å². The zero-order valence-electron chi connectivity index (χ0n) is 8.23. The predicted molar refractivity (Wildman–Crippen MR) is 49.4 cm³/mol. The van der Waals surface area contributed by atoms with Crippen LogP contribution in [0.5, 0.6) is 5.75 Å². The molecular formula is C9H11NO4. The molecule has 0 saturated carbocycles. The molecule has 0 N–H and O–H groups in total. The van der Waals surface area contributed by atoms with E-state index in [0.717, 1.165) is 6.07 Å². The highest BCUT2D eigenvalue weighted by atomic mass is 16.6. The molecule has 0 bridgehead atoms. The Morgan fingerprint density at radius 2 is 2.07 bits per heavy atom. The highest BCUT2D eigenvalue weighted by Crippen LogP contribution is 2.09. The molecule has 1 rings (SSSR count). The van der Waals surface area contributed by atoms with Crippen LogP contribution in [0.15, 0.2) is 21.3 Å². The van der Waals surface area contributed by atoms with Gasteiger partial charge in [0.05, 0.1) is 6.07 Å². The third-order valence-corrected chi connectivity index (χ3v) is 1.44. The van der Waals surface area contributed by atoms with Gasteiger partial charge < -0.3 is 14.1 Å². The maximum atomic E-state index is 11.1. The lowest BCUT2D eigenvalue weighted by Crippen LogP contribution is -2.25. The van der Waals surface area contributed by atoms with E-state index in [2.05, 4.69) is 0 Å². The van der Waals surface area contributed by atoms with E-state index < -0.39 is 11.7 Å². The largest absolute Gasteiger partial charge is 0.428 e. The zero-order valence-corrected chi connectivity index (χ0v) is 8.23. The Hall–Kier alpha value is -1.78. The lowest BCUT2D eigenvalue weighted by Gasteiger charge is -2.09. The van der Waals surface area contributed by atoms with Crippen LogP contribution in [0, 0.1) is 6.92 Å². The van der Waals surface area contributed by atoms with Crippen molar-refractivity contribution in [2.45, 2.75) is 6.92 Å². The third kappa shape index (κ3) is 2.62. The molecule has 0 atom stereocenters. The van der Waals surface area contributed by atoms with Crippen molar-refractivity contribution in [3.8, 4) is 5.75 Å². The SMILES string of the molecule is Cc1cc(OC(=O)N(C)C)cc(=O)o1. The Morgan fingerprint density at radius 1 is 1.43 bits per heavy atom. The molecule has 1 aromatic rings. The van der Waals surface area contributed by atoms with Gasteiger partial charge in [0.1, 0.15) is 11.5 Å². The Balaban J connectivity index is 2.87. The van der Waals surface area contributed by atoms with Crippen molar-refractivity contribution < 1.29 is 13.9 Å². The zero-order chi connectivity index (χ0) is 10.7. The molecule has 0 unspecified atom stereocenters. The van der Waals surface area contributed by atoms with Crippen molar-refractivity contribution >= 4 is 6.09 Å².